The summed E-state index contributed by atoms with van der Waals surface area (Å²) in [6.07, 6.45) is 0. The lowest BCUT2D eigenvalue weighted by molar-refractivity contribution is 0.320. The summed E-state index contributed by atoms with van der Waals surface area (Å²) in [5, 5.41) is 11.9. The first-order chi connectivity index (χ1) is 4.16. The molecule has 0 aliphatic carbocycles. The second kappa shape index (κ2) is 4.44. The van der Waals surface area contributed by atoms with E-state index in [1.54, 1.807) is 6.92 Å². The average molecular weight is 145 g/mol. The first kappa shape index (κ1) is 8.56. The SMILES string of the molecule is C=C(C)CSC(C)=NO. The third kappa shape index (κ3) is 5.43. The van der Waals surface area contributed by atoms with E-state index in [0.29, 0.717) is 5.04 Å². The summed E-state index contributed by atoms with van der Waals surface area (Å²) < 4.78 is 0. The summed E-state index contributed by atoms with van der Waals surface area (Å²) in [7, 11) is 0. The minimum atomic E-state index is 0.679. The lowest BCUT2D eigenvalue weighted by Gasteiger charge is -1.95. The number of oxime groups is 1. The van der Waals surface area contributed by atoms with Crippen LogP contribution in [0, 0.1) is 0 Å². The van der Waals surface area contributed by atoms with Crippen LogP contribution in [0.1, 0.15) is 13.8 Å². The molecule has 3 heteroatoms. The molecule has 2 nitrogen and oxygen atoms in total. The van der Waals surface area contributed by atoms with Gasteiger partial charge >= 0.3 is 0 Å². The molecular weight excluding hydrogens is 134 g/mol. The molecule has 1 N–H and O–H groups in total. The monoisotopic (exact) mass is 145 g/mol. The van der Waals surface area contributed by atoms with Gasteiger partial charge in [0.05, 0.1) is 0 Å². The fourth-order valence-corrected chi connectivity index (χ4v) is 0.770. The number of hydrogen-bond acceptors (Lipinski definition) is 3. The fourth-order valence-electron chi connectivity index (χ4n) is 0.257. The highest BCUT2D eigenvalue weighted by molar-refractivity contribution is 8.14. The van der Waals surface area contributed by atoms with E-state index >= 15 is 0 Å². The zero-order chi connectivity index (χ0) is 7.28. The van der Waals surface area contributed by atoms with E-state index in [-0.39, 0.29) is 0 Å². The molecule has 0 amide bonds. The standard InChI is InChI=1S/C6H11NOS/c1-5(2)4-9-6(3)7-8/h8H,1,4H2,2-3H3. The minimum absolute atomic E-state index is 0.679. The molecule has 0 bridgehead atoms. The molecule has 0 atom stereocenters. The topological polar surface area (TPSA) is 32.6 Å². The van der Waals surface area contributed by atoms with Gasteiger partial charge in [-0.05, 0) is 13.8 Å². The van der Waals surface area contributed by atoms with Crippen LogP contribution in [-0.2, 0) is 0 Å². The molecule has 0 spiro atoms. The van der Waals surface area contributed by atoms with Crippen molar-refractivity contribution in [2.24, 2.45) is 5.16 Å². The highest BCUT2D eigenvalue weighted by Crippen LogP contribution is 2.06. The Morgan fingerprint density at radius 1 is 1.67 bits per heavy atom. The van der Waals surface area contributed by atoms with Crippen molar-refractivity contribution in [1.29, 1.82) is 0 Å². The Labute approximate surface area is 59.6 Å². The Morgan fingerprint density at radius 2 is 2.22 bits per heavy atom. The van der Waals surface area contributed by atoms with Crippen molar-refractivity contribution in [3.8, 4) is 0 Å². The molecule has 0 aliphatic heterocycles. The predicted octanol–water partition coefficient (Wildman–Crippen LogP) is 2.10. The van der Waals surface area contributed by atoms with E-state index in [9.17, 15) is 0 Å². The van der Waals surface area contributed by atoms with Crippen molar-refractivity contribution >= 4 is 16.8 Å². The van der Waals surface area contributed by atoms with Gasteiger partial charge in [-0.25, -0.2) is 0 Å². The molecule has 0 rings (SSSR count). The third-order valence-electron chi connectivity index (χ3n) is 0.668. The maximum Gasteiger partial charge on any atom is 0.110 e. The Kier molecular flexibility index (Phi) is 4.22. The minimum Gasteiger partial charge on any atom is -0.410 e. The van der Waals surface area contributed by atoms with Gasteiger partial charge in [0, 0.05) is 5.75 Å². The summed E-state index contributed by atoms with van der Waals surface area (Å²) in [4.78, 5) is 0. The smallest absolute Gasteiger partial charge is 0.110 e. The molecular formula is C6H11NOS. The number of thioether (sulfide) groups is 1. The maximum absolute atomic E-state index is 8.19. The molecule has 0 radical (unpaired) electrons. The molecule has 0 aromatic rings. The van der Waals surface area contributed by atoms with Crippen molar-refractivity contribution in [3.05, 3.63) is 12.2 Å². The van der Waals surface area contributed by atoms with Crippen LogP contribution >= 0.6 is 11.8 Å². The van der Waals surface area contributed by atoms with E-state index < -0.39 is 0 Å². The average Bonchev–Trinajstić information content (AvgIpc) is 1.83. The zero-order valence-electron chi connectivity index (χ0n) is 5.72. The Bertz CT molecular complexity index is 131. The lowest BCUT2D eigenvalue weighted by Crippen LogP contribution is -1.86. The molecule has 9 heavy (non-hydrogen) atoms. The summed E-state index contributed by atoms with van der Waals surface area (Å²) in [6, 6.07) is 0. The predicted molar refractivity (Wildman–Crippen MR) is 42.2 cm³/mol. The highest BCUT2D eigenvalue weighted by Gasteiger charge is 1.91. The van der Waals surface area contributed by atoms with Gasteiger partial charge in [-0.3, -0.25) is 0 Å². The molecule has 52 valence electrons. The van der Waals surface area contributed by atoms with Crippen LogP contribution in [-0.4, -0.2) is 16.0 Å². The van der Waals surface area contributed by atoms with Gasteiger partial charge in [-0.1, -0.05) is 17.3 Å². The molecule has 0 aliphatic rings. The van der Waals surface area contributed by atoms with E-state index in [1.807, 2.05) is 6.92 Å². The molecule has 0 saturated carbocycles. The largest absolute Gasteiger partial charge is 0.410 e. The lowest BCUT2D eigenvalue weighted by atomic mass is 10.4. The molecule has 0 saturated heterocycles. The molecule has 0 aromatic carbocycles. The molecule has 0 heterocycles. The van der Waals surface area contributed by atoms with Gasteiger partial charge in [0.1, 0.15) is 5.04 Å². The number of hydrogen-bond donors (Lipinski definition) is 1. The summed E-state index contributed by atoms with van der Waals surface area (Å²) in [5.41, 5.74) is 1.09. The third-order valence-corrected chi connectivity index (χ3v) is 1.80. The van der Waals surface area contributed by atoms with Crippen LogP contribution in [0.4, 0.5) is 0 Å². The number of nitrogens with zero attached hydrogens (tertiary/aromatic N) is 1. The Balaban J connectivity index is 3.39. The number of rotatable bonds is 2. The van der Waals surface area contributed by atoms with Crippen molar-refractivity contribution in [2.75, 3.05) is 5.75 Å². The normalized spacial score (nSPS) is 11.6. The van der Waals surface area contributed by atoms with Crippen molar-refractivity contribution in [3.63, 3.8) is 0 Å². The van der Waals surface area contributed by atoms with E-state index in [1.165, 1.54) is 11.8 Å². The highest BCUT2D eigenvalue weighted by atomic mass is 32.2. The maximum atomic E-state index is 8.19. The molecule has 0 fully saturated rings. The van der Waals surface area contributed by atoms with Gasteiger partial charge in [0.2, 0.25) is 0 Å². The molecule has 0 unspecified atom stereocenters. The Hall–Kier alpha value is -0.440. The summed E-state index contributed by atoms with van der Waals surface area (Å²) in [6.45, 7) is 7.40. The first-order valence-corrected chi connectivity index (χ1v) is 3.61. The van der Waals surface area contributed by atoms with Crippen LogP contribution in [0.25, 0.3) is 0 Å². The van der Waals surface area contributed by atoms with E-state index in [0.717, 1.165) is 11.3 Å². The fraction of sp³-hybridized carbons (Fsp3) is 0.500. The Morgan fingerprint density at radius 3 is 2.56 bits per heavy atom. The molecule has 0 aromatic heterocycles. The van der Waals surface area contributed by atoms with Crippen LogP contribution < -0.4 is 0 Å². The summed E-state index contributed by atoms with van der Waals surface area (Å²) >= 11 is 1.48. The van der Waals surface area contributed by atoms with Crippen molar-refractivity contribution in [1.82, 2.24) is 0 Å². The van der Waals surface area contributed by atoms with E-state index in [4.69, 9.17) is 5.21 Å². The van der Waals surface area contributed by atoms with Crippen LogP contribution in [0.5, 0.6) is 0 Å². The zero-order valence-corrected chi connectivity index (χ0v) is 6.53. The van der Waals surface area contributed by atoms with E-state index in [2.05, 4.69) is 11.7 Å². The van der Waals surface area contributed by atoms with Gasteiger partial charge in [0.25, 0.3) is 0 Å². The van der Waals surface area contributed by atoms with Gasteiger partial charge in [-0.15, -0.1) is 11.8 Å². The van der Waals surface area contributed by atoms with Crippen LogP contribution in [0.15, 0.2) is 17.3 Å². The van der Waals surface area contributed by atoms with Gasteiger partial charge in [-0.2, -0.15) is 0 Å². The van der Waals surface area contributed by atoms with Crippen LogP contribution in [0.3, 0.4) is 0 Å². The van der Waals surface area contributed by atoms with Crippen molar-refractivity contribution in [2.45, 2.75) is 13.8 Å². The summed E-state index contributed by atoms with van der Waals surface area (Å²) in [5.74, 6) is 0.829. The second-order valence-electron chi connectivity index (χ2n) is 1.86. The second-order valence-corrected chi connectivity index (χ2v) is 3.03. The van der Waals surface area contributed by atoms with Gasteiger partial charge < -0.3 is 5.21 Å². The first-order valence-electron chi connectivity index (χ1n) is 2.62. The quantitative estimate of drug-likeness (QED) is 0.212. The van der Waals surface area contributed by atoms with Crippen LogP contribution in [0.2, 0.25) is 0 Å². The van der Waals surface area contributed by atoms with Crippen molar-refractivity contribution < 1.29 is 5.21 Å². The van der Waals surface area contributed by atoms with Gasteiger partial charge in [0.15, 0.2) is 0 Å².